The van der Waals surface area contributed by atoms with Gasteiger partial charge >= 0.3 is 0 Å². The van der Waals surface area contributed by atoms with Gasteiger partial charge in [-0.05, 0) is 19.4 Å². The van der Waals surface area contributed by atoms with Gasteiger partial charge in [-0.3, -0.25) is 4.68 Å². The average Bonchev–Trinajstić information content (AvgIpc) is 2.76. The molecule has 5 heteroatoms. The van der Waals surface area contributed by atoms with Gasteiger partial charge in [0.05, 0.1) is 5.69 Å². The van der Waals surface area contributed by atoms with E-state index < -0.39 is 5.82 Å². The van der Waals surface area contributed by atoms with Crippen molar-refractivity contribution in [3.8, 4) is 5.75 Å². The van der Waals surface area contributed by atoms with E-state index in [9.17, 15) is 9.50 Å². The smallest absolute Gasteiger partial charge is 0.126 e. The van der Waals surface area contributed by atoms with Crippen LogP contribution in [0.25, 0.3) is 0 Å². The van der Waals surface area contributed by atoms with Crippen molar-refractivity contribution in [1.82, 2.24) is 15.1 Å². The Morgan fingerprint density at radius 3 is 2.85 bits per heavy atom. The van der Waals surface area contributed by atoms with Crippen LogP contribution < -0.4 is 5.32 Å². The lowest BCUT2D eigenvalue weighted by atomic mass is 10.1. The first-order valence-corrected chi connectivity index (χ1v) is 6.74. The summed E-state index contributed by atoms with van der Waals surface area (Å²) >= 11 is 0. The minimum absolute atomic E-state index is 0.0214. The van der Waals surface area contributed by atoms with Crippen LogP contribution in [-0.4, -0.2) is 14.9 Å². The predicted octanol–water partition coefficient (Wildman–Crippen LogP) is 2.68. The van der Waals surface area contributed by atoms with Crippen molar-refractivity contribution in [3.63, 3.8) is 0 Å². The van der Waals surface area contributed by atoms with E-state index in [2.05, 4.69) is 17.3 Å². The number of nitrogens with one attached hydrogen (secondary N) is 1. The van der Waals surface area contributed by atoms with Crippen LogP contribution in [-0.2, 0) is 20.0 Å². The molecule has 0 fully saturated rings. The van der Waals surface area contributed by atoms with Crippen molar-refractivity contribution in [2.75, 3.05) is 0 Å². The molecule has 1 heterocycles. The molecule has 0 spiro atoms. The molecular weight excluding hydrogens is 257 g/mol. The summed E-state index contributed by atoms with van der Waals surface area (Å²) in [5.74, 6) is -0.453. The molecule has 1 unspecified atom stereocenters. The van der Waals surface area contributed by atoms with Crippen LogP contribution in [0.15, 0.2) is 24.4 Å². The van der Waals surface area contributed by atoms with Gasteiger partial charge in [0.2, 0.25) is 0 Å². The summed E-state index contributed by atoms with van der Waals surface area (Å²) in [6.45, 7) is 4.67. The summed E-state index contributed by atoms with van der Waals surface area (Å²) in [4.78, 5) is 0. The molecule has 2 rings (SSSR count). The first kappa shape index (κ1) is 14.5. The van der Waals surface area contributed by atoms with Gasteiger partial charge in [0.1, 0.15) is 11.6 Å². The topological polar surface area (TPSA) is 50.1 Å². The van der Waals surface area contributed by atoms with E-state index in [1.54, 1.807) is 10.7 Å². The quantitative estimate of drug-likeness (QED) is 0.883. The van der Waals surface area contributed by atoms with Gasteiger partial charge in [0, 0.05) is 43.0 Å². The minimum atomic E-state index is -0.432. The number of phenolic OH excluding ortho intramolecular Hbond substituents is 1. The molecule has 1 atom stereocenters. The maximum absolute atomic E-state index is 13.0. The Bertz CT molecular complexity index is 595. The Morgan fingerprint density at radius 2 is 2.20 bits per heavy atom. The Kier molecular flexibility index (Phi) is 4.39. The van der Waals surface area contributed by atoms with Crippen molar-refractivity contribution < 1.29 is 9.50 Å². The molecule has 0 aliphatic heterocycles. The third-order valence-electron chi connectivity index (χ3n) is 3.38. The van der Waals surface area contributed by atoms with Gasteiger partial charge in [0.15, 0.2) is 0 Å². The number of phenols is 1. The molecule has 0 saturated heterocycles. The number of halogens is 1. The summed E-state index contributed by atoms with van der Waals surface area (Å²) in [5.41, 5.74) is 2.90. The van der Waals surface area contributed by atoms with Crippen molar-refractivity contribution in [2.45, 2.75) is 32.9 Å². The van der Waals surface area contributed by atoms with Gasteiger partial charge in [-0.2, -0.15) is 5.10 Å². The molecule has 20 heavy (non-hydrogen) atoms. The van der Waals surface area contributed by atoms with Crippen LogP contribution >= 0.6 is 0 Å². The van der Waals surface area contributed by atoms with Crippen molar-refractivity contribution in [1.29, 1.82) is 0 Å². The SMILES string of the molecule is CCc1nn(C)cc1CNC(C)c1ccc(F)cc1O. The molecule has 1 aromatic heterocycles. The van der Waals surface area contributed by atoms with E-state index in [-0.39, 0.29) is 11.8 Å². The normalized spacial score (nSPS) is 12.6. The van der Waals surface area contributed by atoms with E-state index in [0.29, 0.717) is 12.1 Å². The standard InChI is InChI=1S/C15H20FN3O/c1-4-14-11(9-19(3)18-14)8-17-10(2)13-6-5-12(16)7-15(13)20/h5-7,9-10,17,20H,4,8H2,1-3H3. The number of hydrogen-bond donors (Lipinski definition) is 2. The van der Waals surface area contributed by atoms with Gasteiger partial charge in [0.25, 0.3) is 0 Å². The van der Waals surface area contributed by atoms with Crippen molar-refractivity contribution in [2.24, 2.45) is 7.05 Å². The molecule has 1 aromatic carbocycles. The van der Waals surface area contributed by atoms with E-state index in [0.717, 1.165) is 23.7 Å². The number of aromatic hydroxyl groups is 1. The zero-order chi connectivity index (χ0) is 14.7. The minimum Gasteiger partial charge on any atom is -0.508 e. The number of rotatable bonds is 5. The van der Waals surface area contributed by atoms with E-state index in [4.69, 9.17) is 0 Å². The molecular formula is C15H20FN3O. The molecule has 0 amide bonds. The number of benzene rings is 1. The molecule has 2 N–H and O–H groups in total. The lowest BCUT2D eigenvalue weighted by Crippen LogP contribution is -2.18. The summed E-state index contributed by atoms with van der Waals surface area (Å²) in [7, 11) is 1.90. The number of hydrogen-bond acceptors (Lipinski definition) is 3. The van der Waals surface area contributed by atoms with Crippen molar-refractivity contribution in [3.05, 3.63) is 47.0 Å². The second kappa shape index (κ2) is 6.05. The molecule has 2 aromatic rings. The third kappa shape index (κ3) is 3.17. The Morgan fingerprint density at radius 1 is 1.45 bits per heavy atom. The highest BCUT2D eigenvalue weighted by molar-refractivity contribution is 5.35. The van der Waals surface area contributed by atoms with Gasteiger partial charge in [-0.1, -0.05) is 13.0 Å². The monoisotopic (exact) mass is 277 g/mol. The molecule has 0 bridgehead atoms. The first-order valence-electron chi connectivity index (χ1n) is 6.74. The highest BCUT2D eigenvalue weighted by atomic mass is 19.1. The van der Waals surface area contributed by atoms with E-state index >= 15 is 0 Å². The highest BCUT2D eigenvalue weighted by Crippen LogP contribution is 2.25. The molecule has 0 aliphatic carbocycles. The number of aromatic nitrogens is 2. The fourth-order valence-corrected chi connectivity index (χ4v) is 2.28. The molecule has 0 aliphatic rings. The molecule has 108 valence electrons. The summed E-state index contributed by atoms with van der Waals surface area (Å²) in [6, 6.07) is 4.02. The summed E-state index contributed by atoms with van der Waals surface area (Å²) in [5, 5.41) is 17.5. The number of nitrogens with zero attached hydrogens (tertiary/aromatic N) is 2. The van der Waals surface area contributed by atoms with Gasteiger partial charge in [-0.25, -0.2) is 4.39 Å². The fraction of sp³-hybridized carbons (Fsp3) is 0.400. The largest absolute Gasteiger partial charge is 0.508 e. The van der Waals surface area contributed by atoms with Gasteiger partial charge in [-0.15, -0.1) is 0 Å². The van der Waals surface area contributed by atoms with E-state index in [1.807, 2.05) is 20.2 Å². The molecule has 4 nitrogen and oxygen atoms in total. The van der Waals surface area contributed by atoms with Crippen LogP contribution in [0.5, 0.6) is 5.75 Å². The second-order valence-corrected chi connectivity index (χ2v) is 4.93. The number of aryl methyl sites for hydroxylation is 2. The second-order valence-electron chi connectivity index (χ2n) is 4.93. The lowest BCUT2D eigenvalue weighted by molar-refractivity contribution is 0.446. The maximum atomic E-state index is 13.0. The van der Waals surface area contributed by atoms with Crippen LogP contribution in [0.1, 0.15) is 36.7 Å². The summed E-state index contributed by atoms with van der Waals surface area (Å²) < 4.78 is 14.8. The zero-order valence-electron chi connectivity index (χ0n) is 12.0. The first-order chi connectivity index (χ1) is 9.51. The average molecular weight is 277 g/mol. The van der Waals surface area contributed by atoms with Crippen molar-refractivity contribution >= 4 is 0 Å². The summed E-state index contributed by atoms with van der Waals surface area (Å²) in [6.07, 6.45) is 2.87. The maximum Gasteiger partial charge on any atom is 0.126 e. The lowest BCUT2D eigenvalue weighted by Gasteiger charge is -2.15. The predicted molar refractivity (Wildman–Crippen MR) is 75.9 cm³/mol. The van der Waals surface area contributed by atoms with Crippen LogP contribution in [0.3, 0.4) is 0 Å². The molecule has 0 saturated carbocycles. The molecule has 0 radical (unpaired) electrons. The Labute approximate surface area is 118 Å². The Hall–Kier alpha value is -1.88. The zero-order valence-corrected chi connectivity index (χ0v) is 12.0. The van der Waals surface area contributed by atoms with Crippen LogP contribution in [0.4, 0.5) is 4.39 Å². The van der Waals surface area contributed by atoms with E-state index in [1.165, 1.54) is 6.07 Å². The fourth-order valence-electron chi connectivity index (χ4n) is 2.28. The van der Waals surface area contributed by atoms with Gasteiger partial charge < -0.3 is 10.4 Å². The van der Waals surface area contributed by atoms with Crippen LogP contribution in [0, 0.1) is 5.82 Å². The third-order valence-corrected chi connectivity index (χ3v) is 3.38. The van der Waals surface area contributed by atoms with Crippen LogP contribution in [0.2, 0.25) is 0 Å². The Balaban J connectivity index is 2.06. The highest BCUT2D eigenvalue weighted by Gasteiger charge is 2.12.